The lowest BCUT2D eigenvalue weighted by Gasteiger charge is -2.17. The molecule has 9 heteroatoms. The van der Waals surface area contributed by atoms with Gasteiger partial charge in [0.25, 0.3) is 5.56 Å². The van der Waals surface area contributed by atoms with Crippen LogP contribution in [0.25, 0.3) is 22.3 Å². The monoisotopic (exact) mass is 473 g/mol. The molecular formula is C26H23N3O6. The first kappa shape index (κ1) is 23.5. The number of carbonyl (C=O) groups is 1. The standard InChI is InChI=1S/C26H23N3O6/c1-16(26(31)32)35-23-21(33-2)13-17(14-22(23)34-3)15-27-29-24(18-9-5-4-6-10-18)28-20-12-8-7-11-19(20)25(29)30/h4-16H,1-3H3,(H,31,32)/t16-/m1/s1. The van der Waals surface area contributed by atoms with E-state index in [0.717, 1.165) is 5.56 Å². The van der Waals surface area contributed by atoms with Crippen LogP contribution in [0.4, 0.5) is 0 Å². The van der Waals surface area contributed by atoms with Gasteiger partial charge in [-0.1, -0.05) is 42.5 Å². The highest BCUT2D eigenvalue weighted by Crippen LogP contribution is 2.39. The Morgan fingerprint density at radius 2 is 1.66 bits per heavy atom. The van der Waals surface area contributed by atoms with E-state index >= 15 is 0 Å². The first-order valence-corrected chi connectivity index (χ1v) is 10.7. The summed E-state index contributed by atoms with van der Waals surface area (Å²) >= 11 is 0. The van der Waals surface area contributed by atoms with Crippen LogP contribution in [0.2, 0.25) is 0 Å². The molecule has 4 rings (SSSR count). The third-order valence-electron chi connectivity index (χ3n) is 5.23. The van der Waals surface area contributed by atoms with E-state index in [1.165, 1.54) is 32.0 Å². The molecule has 1 atom stereocenters. The summed E-state index contributed by atoms with van der Waals surface area (Å²) < 4.78 is 17.6. The molecule has 0 spiro atoms. The molecule has 0 saturated carbocycles. The zero-order chi connectivity index (χ0) is 24.9. The molecule has 9 nitrogen and oxygen atoms in total. The van der Waals surface area contributed by atoms with Crippen molar-refractivity contribution in [1.29, 1.82) is 0 Å². The molecule has 1 aromatic heterocycles. The molecule has 0 aliphatic carbocycles. The van der Waals surface area contributed by atoms with Gasteiger partial charge in [0, 0.05) is 11.1 Å². The number of rotatable bonds is 8. The molecule has 35 heavy (non-hydrogen) atoms. The molecule has 3 aromatic carbocycles. The summed E-state index contributed by atoms with van der Waals surface area (Å²) in [5.74, 6) is -0.0787. The Kier molecular flexibility index (Phi) is 6.77. The third kappa shape index (κ3) is 4.84. The summed E-state index contributed by atoms with van der Waals surface area (Å²) in [7, 11) is 2.86. The molecule has 0 amide bonds. The van der Waals surface area contributed by atoms with Gasteiger partial charge >= 0.3 is 5.97 Å². The fraction of sp³-hybridized carbons (Fsp3) is 0.154. The first-order valence-electron chi connectivity index (χ1n) is 10.7. The van der Waals surface area contributed by atoms with Crippen molar-refractivity contribution in [1.82, 2.24) is 9.66 Å². The van der Waals surface area contributed by atoms with E-state index in [1.54, 1.807) is 30.3 Å². The van der Waals surface area contributed by atoms with E-state index in [9.17, 15) is 14.7 Å². The van der Waals surface area contributed by atoms with Crippen LogP contribution in [-0.4, -0.2) is 47.3 Å². The Morgan fingerprint density at radius 3 is 2.29 bits per heavy atom. The maximum Gasteiger partial charge on any atom is 0.344 e. The van der Waals surface area contributed by atoms with E-state index in [-0.39, 0.29) is 22.8 Å². The predicted octanol–water partition coefficient (Wildman–Crippen LogP) is 3.81. The van der Waals surface area contributed by atoms with Crippen molar-refractivity contribution in [3.05, 3.63) is 82.6 Å². The van der Waals surface area contributed by atoms with Crippen LogP contribution in [-0.2, 0) is 4.79 Å². The van der Waals surface area contributed by atoms with Crippen LogP contribution in [0.15, 0.2) is 76.6 Å². The summed E-state index contributed by atoms with van der Waals surface area (Å²) in [5, 5.41) is 14.1. The number of aromatic nitrogens is 2. The van der Waals surface area contributed by atoms with E-state index in [4.69, 9.17) is 14.2 Å². The summed E-state index contributed by atoms with van der Waals surface area (Å²) in [6, 6.07) is 19.6. The lowest BCUT2D eigenvalue weighted by molar-refractivity contribution is -0.144. The number of ether oxygens (including phenoxy) is 3. The van der Waals surface area contributed by atoms with Crippen LogP contribution >= 0.6 is 0 Å². The van der Waals surface area contributed by atoms with Gasteiger partial charge in [0.1, 0.15) is 0 Å². The number of benzene rings is 3. The molecule has 0 aliphatic heterocycles. The van der Waals surface area contributed by atoms with E-state index < -0.39 is 12.1 Å². The van der Waals surface area contributed by atoms with Gasteiger partial charge in [-0.05, 0) is 31.2 Å². The Bertz CT molecular complexity index is 1440. The van der Waals surface area contributed by atoms with E-state index in [2.05, 4.69) is 10.1 Å². The van der Waals surface area contributed by atoms with Crippen LogP contribution in [0.1, 0.15) is 12.5 Å². The number of aliphatic carboxylic acids is 1. The number of hydrogen-bond donors (Lipinski definition) is 1. The zero-order valence-electron chi connectivity index (χ0n) is 19.3. The van der Waals surface area contributed by atoms with Gasteiger partial charge in [0.15, 0.2) is 23.4 Å². The molecule has 0 fully saturated rings. The molecule has 1 heterocycles. The normalized spacial score (nSPS) is 12.0. The second kappa shape index (κ2) is 10.1. The Morgan fingerprint density at radius 1 is 1.03 bits per heavy atom. The summed E-state index contributed by atoms with van der Waals surface area (Å²) in [6.07, 6.45) is 0.354. The summed E-state index contributed by atoms with van der Waals surface area (Å²) in [5.41, 5.74) is 1.52. The van der Waals surface area contributed by atoms with E-state index in [0.29, 0.717) is 22.3 Å². The van der Waals surface area contributed by atoms with Crippen molar-refractivity contribution in [2.24, 2.45) is 5.10 Å². The molecule has 0 bridgehead atoms. The fourth-order valence-electron chi connectivity index (χ4n) is 3.45. The van der Waals surface area contributed by atoms with Crippen molar-refractivity contribution < 1.29 is 24.1 Å². The maximum absolute atomic E-state index is 13.3. The van der Waals surface area contributed by atoms with Gasteiger partial charge in [-0.25, -0.2) is 9.78 Å². The van der Waals surface area contributed by atoms with Gasteiger partial charge in [-0.15, -0.1) is 0 Å². The molecular weight excluding hydrogens is 450 g/mol. The first-order chi connectivity index (χ1) is 16.9. The molecule has 0 saturated heterocycles. The lowest BCUT2D eigenvalue weighted by Crippen LogP contribution is -2.23. The minimum absolute atomic E-state index is 0.150. The summed E-state index contributed by atoms with van der Waals surface area (Å²) in [4.78, 5) is 29.2. The number of methoxy groups -OCH3 is 2. The van der Waals surface area contributed by atoms with Crippen molar-refractivity contribution >= 4 is 23.1 Å². The van der Waals surface area contributed by atoms with Crippen LogP contribution < -0.4 is 19.8 Å². The number of para-hydroxylation sites is 1. The average Bonchev–Trinajstić information content (AvgIpc) is 2.88. The molecule has 178 valence electrons. The topological polar surface area (TPSA) is 112 Å². The molecule has 0 unspecified atom stereocenters. The Labute approximate surface area is 200 Å². The SMILES string of the molecule is COc1cc(C=Nn2c(-c3ccccc3)nc3ccccc3c2=O)cc(OC)c1O[C@H](C)C(=O)O. The number of fused-ring (bicyclic) bond motifs is 1. The second-order valence-electron chi connectivity index (χ2n) is 7.53. The van der Waals surface area contributed by atoms with Crippen LogP contribution in [0, 0.1) is 0 Å². The molecule has 0 aliphatic rings. The lowest BCUT2D eigenvalue weighted by atomic mass is 10.2. The van der Waals surface area contributed by atoms with Crippen molar-refractivity contribution in [2.45, 2.75) is 13.0 Å². The van der Waals surface area contributed by atoms with Crippen molar-refractivity contribution in [3.63, 3.8) is 0 Å². The Balaban J connectivity index is 1.83. The van der Waals surface area contributed by atoms with Crippen LogP contribution in [0.5, 0.6) is 17.2 Å². The summed E-state index contributed by atoms with van der Waals surface area (Å²) in [6.45, 7) is 1.40. The highest BCUT2D eigenvalue weighted by atomic mass is 16.6. The van der Waals surface area contributed by atoms with Gasteiger partial charge in [-0.2, -0.15) is 9.78 Å². The Hall–Kier alpha value is -4.66. The smallest absolute Gasteiger partial charge is 0.344 e. The molecule has 1 N–H and O–H groups in total. The van der Waals surface area contributed by atoms with Gasteiger partial charge in [-0.3, -0.25) is 4.79 Å². The average molecular weight is 473 g/mol. The van der Waals surface area contributed by atoms with Gasteiger partial charge < -0.3 is 19.3 Å². The minimum Gasteiger partial charge on any atom is -0.493 e. The molecule has 4 aromatic rings. The highest BCUT2D eigenvalue weighted by molar-refractivity contribution is 5.84. The highest BCUT2D eigenvalue weighted by Gasteiger charge is 2.20. The van der Waals surface area contributed by atoms with Crippen molar-refractivity contribution in [2.75, 3.05) is 14.2 Å². The minimum atomic E-state index is -1.13. The van der Waals surface area contributed by atoms with Crippen LogP contribution in [0.3, 0.4) is 0 Å². The fourth-order valence-corrected chi connectivity index (χ4v) is 3.45. The van der Waals surface area contributed by atoms with Gasteiger partial charge in [0.2, 0.25) is 5.75 Å². The van der Waals surface area contributed by atoms with Gasteiger partial charge in [0.05, 0.1) is 31.3 Å². The zero-order valence-corrected chi connectivity index (χ0v) is 19.3. The third-order valence-corrected chi connectivity index (χ3v) is 5.23. The predicted molar refractivity (Wildman–Crippen MR) is 132 cm³/mol. The largest absolute Gasteiger partial charge is 0.493 e. The quantitative estimate of drug-likeness (QED) is 0.387. The number of carboxylic acids is 1. The molecule has 0 radical (unpaired) electrons. The van der Waals surface area contributed by atoms with E-state index in [1.807, 2.05) is 36.4 Å². The maximum atomic E-state index is 13.3. The number of carboxylic acid groups (broad SMARTS) is 1. The van der Waals surface area contributed by atoms with Crippen molar-refractivity contribution in [3.8, 4) is 28.6 Å². The number of nitrogens with zero attached hydrogens (tertiary/aromatic N) is 3. The second-order valence-corrected chi connectivity index (χ2v) is 7.53. The number of hydrogen-bond acceptors (Lipinski definition) is 7.